The normalized spacial score (nSPS) is 13.8. The van der Waals surface area contributed by atoms with E-state index in [1.807, 2.05) is 6.07 Å². The Labute approximate surface area is 160 Å². The van der Waals surface area contributed by atoms with Gasteiger partial charge < -0.3 is 10.1 Å². The van der Waals surface area contributed by atoms with E-state index in [1.165, 1.54) is 30.3 Å². The molecule has 2 aromatic carbocycles. The topological polar surface area (TPSA) is 88.1 Å². The Morgan fingerprint density at radius 3 is 2.59 bits per heavy atom. The van der Waals surface area contributed by atoms with Gasteiger partial charge in [0.15, 0.2) is 0 Å². The zero-order valence-electron chi connectivity index (χ0n) is 14.4. The summed E-state index contributed by atoms with van der Waals surface area (Å²) in [6.45, 7) is 0. The van der Waals surface area contributed by atoms with Crippen LogP contribution in [0.5, 0.6) is 0 Å². The van der Waals surface area contributed by atoms with E-state index in [4.69, 9.17) is 11.6 Å². The van der Waals surface area contributed by atoms with Gasteiger partial charge in [-0.1, -0.05) is 29.8 Å². The third kappa shape index (κ3) is 4.15. The molecule has 1 aliphatic heterocycles. The highest BCUT2D eigenvalue weighted by atomic mass is 35.5. The zero-order valence-corrected chi connectivity index (χ0v) is 15.2. The van der Waals surface area contributed by atoms with Gasteiger partial charge in [0.2, 0.25) is 5.91 Å². The summed E-state index contributed by atoms with van der Waals surface area (Å²) in [7, 11) is 1.27. The number of para-hydroxylation sites is 1. The Morgan fingerprint density at radius 2 is 1.89 bits per heavy atom. The lowest BCUT2D eigenvalue weighted by Gasteiger charge is -2.23. The van der Waals surface area contributed by atoms with Crippen molar-refractivity contribution in [3.63, 3.8) is 0 Å². The quantitative estimate of drug-likeness (QED) is 0.818. The first-order chi connectivity index (χ1) is 13.0. The van der Waals surface area contributed by atoms with E-state index in [0.717, 1.165) is 0 Å². The fourth-order valence-electron chi connectivity index (χ4n) is 2.55. The number of nitrogens with one attached hydrogen (secondary N) is 1. The van der Waals surface area contributed by atoms with E-state index in [0.29, 0.717) is 5.69 Å². The van der Waals surface area contributed by atoms with Crippen LogP contribution in [0.3, 0.4) is 0 Å². The van der Waals surface area contributed by atoms with E-state index in [9.17, 15) is 14.4 Å². The van der Waals surface area contributed by atoms with Crippen molar-refractivity contribution in [3.05, 3.63) is 59.1 Å². The molecule has 0 aromatic heterocycles. The average Bonchev–Trinajstić information content (AvgIpc) is 2.70. The van der Waals surface area contributed by atoms with E-state index in [2.05, 4.69) is 15.2 Å². The molecule has 1 heterocycles. The van der Waals surface area contributed by atoms with Crippen molar-refractivity contribution in [1.29, 1.82) is 0 Å². The summed E-state index contributed by atoms with van der Waals surface area (Å²) in [5.41, 5.74) is 1.29. The smallest absolute Gasteiger partial charge is 0.337 e. The molecule has 0 unspecified atom stereocenters. The number of hydrogen-bond acceptors (Lipinski definition) is 5. The summed E-state index contributed by atoms with van der Waals surface area (Å²) in [6.07, 6.45) is 0.374. The molecule has 27 heavy (non-hydrogen) atoms. The van der Waals surface area contributed by atoms with Crippen LogP contribution in [0, 0.1) is 0 Å². The number of hydrazone groups is 1. The predicted molar refractivity (Wildman–Crippen MR) is 102 cm³/mol. The Kier molecular flexibility index (Phi) is 5.52. The summed E-state index contributed by atoms with van der Waals surface area (Å²) in [5.74, 6) is -1.23. The number of halogens is 1. The first kappa shape index (κ1) is 18.6. The molecular formula is C19H16ClN3O4. The van der Waals surface area contributed by atoms with Gasteiger partial charge in [-0.05, 0) is 30.3 Å². The Morgan fingerprint density at radius 1 is 1.15 bits per heavy atom. The number of benzene rings is 2. The molecule has 2 aromatic rings. The molecule has 8 heteroatoms. The second kappa shape index (κ2) is 8.01. The number of carbonyl (C=O) groups excluding carboxylic acids is 3. The highest BCUT2D eigenvalue weighted by Gasteiger charge is 2.26. The van der Waals surface area contributed by atoms with Crippen LogP contribution in [-0.2, 0) is 14.3 Å². The molecule has 0 radical (unpaired) electrons. The number of amides is 2. The maximum absolute atomic E-state index is 12.6. The molecule has 0 aliphatic carbocycles. The van der Waals surface area contributed by atoms with Gasteiger partial charge in [0, 0.05) is 12.8 Å². The van der Waals surface area contributed by atoms with E-state index >= 15 is 0 Å². The third-order valence-corrected chi connectivity index (χ3v) is 4.26. The van der Waals surface area contributed by atoms with Crippen molar-refractivity contribution >= 4 is 46.5 Å². The maximum Gasteiger partial charge on any atom is 0.337 e. The van der Waals surface area contributed by atoms with Crippen molar-refractivity contribution in [2.24, 2.45) is 5.10 Å². The summed E-state index contributed by atoms with van der Waals surface area (Å²) in [6, 6.07) is 13.3. The number of rotatable bonds is 4. The molecule has 0 saturated carbocycles. The summed E-state index contributed by atoms with van der Waals surface area (Å²) in [5, 5.41) is 8.31. The largest absolute Gasteiger partial charge is 0.465 e. The SMILES string of the molecule is COC(=O)c1ccc(Cl)c(NC(=O)C2=NN(c3ccccc3)C(=O)CC2)c1. The van der Waals surface area contributed by atoms with Gasteiger partial charge in [-0.2, -0.15) is 5.10 Å². The molecule has 0 atom stereocenters. The summed E-state index contributed by atoms with van der Waals surface area (Å²) in [4.78, 5) is 36.4. The number of nitrogens with zero attached hydrogens (tertiary/aromatic N) is 2. The van der Waals surface area contributed by atoms with Crippen LogP contribution < -0.4 is 10.3 Å². The molecule has 0 saturated heterocycles. The number of methoxy groups -OCH3 is 1. The van der Waals surface area contributed by atoms with Crippen molar-refractivity contribution in [3.8, 4) is 0 Å². The first-order valence-corrected chi connectivity index (χ1v) is 8.52. The third-order valence-electron chi connectivity index (χ3n) is 3.93. The summed E-state index contributed by atoms with van der Waals surface area (Å²) < 4.78 is 4.66. The molecule has 0 fully saturated rings. The van der Waals surface area contributed by atoms with Crippen LogP contribution in [0.2, 0.25) is 5.02 Å². The minimum absolute atomic E-state index is 0.164. The van der Waals surface area contributed by atoms with Crippen LogP contribution in [0.25, 0.3) is 0 Å². The van der Waals surface area contributed by atoms with Crippen LogP contribution in [-0.4, -0.2) is 30.6 Å². The molecule has 1 aliphatic rings. The van der Waals surface area contributed by atoms with Gasteiger partial charge >= 0.3 is 5.97 Å². The zero-order chi connectivity index (χ0) is 19.4. The molecule has 3 rings (SSSR count). The van der Waals surface area contributed by atoms with Crippen LogP contribution in [0.15, 0.2) is 53.6 Å². The van der Waals surface area contributed by atoms with E-state index in [1.54, 1.807) is 24.3 Å². The lowest BCUT2D eigenvalue weighted by molar-refractivity contribution is -0.118. The predicted octanol–water partition coefficient (Wildman–Crippen LogP) is 3.25. The monoisotopic (exact) mass is 385 g/mol. The van der Waals surface area contributed by atoms with Gasteiger partial charge in [0.05, 0.1) is 29.1 Å². The summed E-state index contributed by atoms with van der Waals surface area (Å²) >= 11 is 6.10. The number of carbonyl (C=O) groups is 3. The lowest BCUT2D eigenvalue weighted by atomic mass is 10.1. The molecular weight excluding hydrogens is 370 g/mol. The van der Waals surface area contributed by atoms with Gasteiger partial charge in [0.1, 0.15) is 5.71 Å². The van der Waals surface area contributed by atoms with E-state index < -0.39 is 11.9 Å². The first-order valence-electron chi connectivity index (χ1n) is 8.14. The maximum atomic E-state index is 12.6. The molecule has 2 amide bonds. The van der Waals surface area contributed by atoms with Gasteiger partial charge in [-0.3, -0.25) is 9.59 Å². The molecule has 0 spiro atoms. The van der Waals surface area contributed by atoms with Gasteiger partial charge in [-0.15, -0.1) is 0 Å². The molecule has 138 valence electrons. The van der Waals surface area contributed by atoms with Crippen molar-refractivity contribution in [2.75, 3.05) is 17.4 Å². The van der Waals surface area contributed by atoms with Crippen molar-refractivity contribution in [2.45, 2.75) is 12.8 Å². The van der Waals surface area contributed by atoms with Crippen LogP contribution in [0.4, 0.5) is 11.4 Å². The second-order valence-electron chi connectivity index (χ2n) is 5.73. The Hall–Kier alpha value is -3.19. The van der Waals surface area contributed by atoms with Gasteiger partial charge in [-0.25, -0.2) is 9.80 Å². The van der Waals surface area contributed by atoms with Crippen molar-refractivity contribution < 1.29 is 19.1 Å². The van der Waals surface area contributed by atoms with Crippen LogP contribution in [0.1, 0.15) is 23.2 Å². The number of esters is 1. The minimum atomic E-state index is -0.543. The molecule has 0 bridgehead atoms. The van der Waals surface area contributed by atoms with Crippen molar-refractivity contribution in [1.82, 2.24) is 0 Å². The molecule has 7 nitrogen and oxygen atoms in total. The lowest BCUT2D eigenvalue weighted by Crippen LogP contribution is -2.36. The Bertz CT molecular complexity index is 928. The fourth-order valence-corrected chi connectivity index (χ4v) is 2.71. The Balaban J connectivity index is 1.84. The standard InChI is InChI=1S/C19H16ClN3O4/c1-27-19(26)12-7-8-14(20)16(11-12)21-18(25)15-9-10-17(24)23(22-15)13-5-3-2-4-6-13/h2-8,11H,9-10H2,1H3,(H,21,25). The average molecular weight is 386 g/mol. The number of hydrogen-bond donors (Lipinski definition) is 1. The van der Waals surface area contributed by atoms with Gasteiger partial charge in [0.25, 0.3) is 5.91 Å². The van der Waals surface area contributed by atoms with E-state index in [-0.39, 0.29) is 40.7 Å². The minimum Gasteiger partial charge on any atom is -0.465 e. The fraction of sp³-hybridized carbons (Fsp3) is 0.158. The number of ether oxygens (including phenoxy) is 1. The van der Waals surface area contributed by atoms with Crippen LogP contribution >= 0.6 is 11.6 Å². The number of anilines is 2. The highest BCUT2D eigenvalue weighted by Crippen LogP contribution is 2.25. The molecule has 1 N–H and O–H groups in total. The second-order valence-corrected chi connectivity index (χ2v) is 6.14. The highest BCUT2D eigenvalue weighted by molar-refractivity contribution is 6.45.